The van der Waals surface area contributed by atoms with Crippen molar-refractivity contribution in [1.29, 1.82) is 0 Å². The molecule has 0 aromatic heterocycles. The fourth-order valence-electron chi connectivity index (χ4n) is 0.860. The largest absolute Gasteiger partial charge is 0.303 e. The fourth-order valence-corrected chi connectivity index (χ4v) is 0.860. The van der Waals surface area contributed by atoms with Crippen molar-refractivity contribution in [2.45, 2.75) is 34.1 Å². The molecule has 0 spiro atoms. The van der Waals surface area contributed by atoms with Crippen LogP contribution in [0.5, 0.6) is 0 Å². The van der Waals surface area contributed by atoms with Gasteiger partial charge >= 0.3 is 0 Å². The molecule has 64 valence electrons. The molecule has 0 aromatic carbocycles. The molecular weight excluding hydrogens is 136 g/mol. The van der Waals surface area contributed by atoms with Crippen LogP contribution in [0.2, 0.25) is 0 Å². The Labute approximate surface area is 69.5 Å². The number of hydrogen-bond acceptors (Lipinski definition) is 1. The highest BCUT2D eigenvalue weighted by atomic mass is 16.1. The molecular formula is C10H18O. The van der Waals surface area contributed by atoms with Crippen molar-refractivity contribution in [3.8, 4) is 0 Å². The Balaban J connectivity index is 4.28. The van der Waals surface area contributed by atoms with Crippen molar-refractivity contribution >= 4 is 6.29 Å². The topological polar surface area (TPSA) is 17.1 Å². The van der Waals surface area contributed by atoms with Crippen molar-refractivity contribution in [1.82, 2.24) is 0 Å². The predicted molar refractivity (Wildman–Crippen MR) is 48.4 cm³/mol. The first-order chi connectivity index (χ1) is 4.92. The van der Waals surface area contributed by atoms with E-state index in [-0.39, 0.29) is 5.41 Å². The maximum atomic E-state index is 10.3. The Morgan fingerprint density at radius 3 is 2.36 bits per heavy atom. The Morgan fingerprint density at radius 2 is 2.09 bits per heavy atom. The molecule has 0 fully saturated rings. The van der Waals surface area contributed by atoms with E-state index in [4.69, 9.17) is 0 Å². The van der Waals surface area contributed by atoms with Gasteiger partial charge < -0.3 is 4.79 Å². The highest BCUT2D eigenvalue weighted by Gasteiger charge is 2.25. The van der Waals surface area contributed by atoms with Crippen LogP contribution < -0.4 is 0 Å². The lowest BCUT2D eigenvalue weighted by molar-refractivity contribution is -0.109. The van der Waals surface area contributed by atoms with Crippen molar-refractivity contribution in [2.24, 2.45) is 11.3 Å². The molecule has 1 atom stereocenters. The number of hydrogen-bond donors (Lipinski definition) is 0. The highest BCUT2D eigenvalue weighted by Crippen LogP contribution is 2.34. The molecule has 0 amide bonds. The first-order valence-corrected chi connectivity index (χ1v) is 4.02. The second-order valence-corrected chi connectivity index (χ2v) is 3.81. The zero-order valence-corrected chi connectivity index (χ0v) is 7.98. The lowest BCUT2D eigenvalue weighted by Crippen LogP contribution is -2.22. The average molecular weight is 154 g/mol. The fraction of sp³-hybridized carbons (Fsp3) is 0.700. The molecule has 0 rings (SSSR count). The van der Waals surface area contributed by atoms with Crippen LogP contribution in [0.3, 0.4) is 0 Å². The number of carbonyl (C=O) groups is 1. The third kappa shape index (κ3) is 2.49. The monoisotopic (exact) mass is 154 g/mol. The summed E-state index contributed by atoms with van der Waals surface area (Å²) in [4.78, 5) is 10.3. The minimum atomic E-state index is 0.0842. The van der Waals surface area contributed by atoms with E-state index in [9.17, 15) is 4.79 Å². The van der Waals surface area contributed by atoms with Crippen LogP contribution in [0.4, 0.5) is 0 Å². The summed E-state index contributed by atoms with van der Waals surface area (Å²) in [6.07, 6.45) is 1.61. The van der Waals surface area contributed by atoms with Crippen molar-refractivity contribution in [3.05, 3.63) is 12.2 Å². The van der Waals surface area contributed by atoms with E-state index in [0.29, 0.717) is 12.3 Å². The summed E-state index contributed by atoms with van der Waals surface area (Å²) in [6, 6.07) is 0. The van der Waals surface area contributed by atoms with Gasteiger partial charge in [0.25, 0.3) is 0 Å². The summed E-state index contributed by atoms with van der Waals surface area (Å²) in [6.45, 7) is 12.3. The average Bonchev–Trinajstić information content (AvgIpc) is 1.88. The second kappa shape index (κ2) is 3.70. The van der Waals surface area contributed by atoms with Crippen LogP contribution in [-0.2, 0) is 4.79 Å². The normalized spacial score (nSPS) is 14.2. The molecule has 11 heavy (non-hydrogen) atoms. The van der Waals surface area contributed by atoms with Gasteiger partial charge in [0.1, 0.15) is 6.29 Å². The van der Waals surface area contributed by atoms with Gasteiger partial charge in [0.2, 0.25) is 0 Å². The highest BCUT2D eigenvalue weighted by molar-refractivity contribution is 5.50. The van der Waals surface area contributed by atoms with Crippen molar-refractivity contribution in [2.75, 3.05) is 0 Å². The van der Waals surface area contributed by atoms with Crippen LogP contribution in [0.1, 0.15) is 34.1 Å². The van der Waals surface area contributed by atoms with E-state index in [2.05, 4.69) is 27.4 Å². The zero-order chi connectivity index (χ0) is 9.07. The summed E-state index contributed by atoms with van der Waals surface area (Å²) in [5.74, 6) is 0.387. The van der Waals surface area contributed by atoms with Gasteiger partial charge in [-0.15, -0.1) is 0 Å². The molecule has 0 unspecified atom stereocenters. The molecule has 0 saturated heterocycles. The first-order valence-electron chi connectivity index (χ1n) is 4.02. The van der Waals surface area contributed by atoms with Gasteiger partial charge in [0.15, 0.2) is 0 Å². The number of carbonyl (C=O) groups excluding carboxylic acids is 1. The van der Waals surface area contributed by atoms with Crippen molar-refractivity contribution in [3.63, 3.8) is 0 Å². The third-order valence-corrected chi connectivity index (χ3v) is 2.78. The smallest absolute Gasteiger partial charge is 0.120 e. The summed E-state index contributed by atoms with van der Waals surface area (Å²) in [7, 11) is 0. The van der Waals surface area contributed by atoms with Crippen LogP contribution in [0, 0.1) is 11.3 Å². The van der Waals surface area contributed by atoms with Crippen LogP contribution in [-0.4, -0.2) is 6.29 Å². The van der Waals surface area contributed by atoms with E-state index in [0.717, 1.165) is 11.9 Å². The molecule has 1 heteroatoms. The Bertz CT molecular complexity index is 156. The van der Waals surface area contributed by atoms with Gasteiger partial charge in [-0.3, -0.25) is 0 Å². The van der Waals surface area contributed by atoms with Gasteiger partial charge in [-0.1, -0.05) is 32.9 Å². The Kier molecular flexibility index (Phi) is 3.50. The van der Waals surface area contributed by atoms with E-state index >= 15 is 0 Å². The van der Waals surface area contributed by atoms with Crippen molar-refractivity contribution < 1.29 is 4.79 Å². The maximum Gasteiger partial charge on any atom is 0.120 e. The Morgan fingerprint density at radius 1 is 1.64 bits per heavy atom. The maximum absolute atomic E-state index is 10.3. The Hall–Kier alpha value is -0.590. The third-order valence-electron chi connectivity index (χ3n) is 2.78. The van der Waals surface area contributed by atoms with Gasteiger partial charge in [0.05, 0.1) is 0 Å². The van der Waals surface area contributed by atoms with Gasteiger partial charge in [-0.2, -0.15) is 0 Å². The molecule has 0 radical (unpaired) electrons. The molecule has 0 bridgehead atoms. The second-order valence-electron chi connectivity index (χ2n) is 3.81. The SMILES string of the molecule is C=C(C)C(C)(C)[C@@H](C)CC=O. The number of rotatable bonds is 4. The van der Waals surface area contributed by atoms with E-state index < -0.39 is 0 Å². The molecule has 0 aliphatic rings. The van der Waals surface area contributed by atoms with Crippen LogP contribution in [0.25, 0.3) is 0 Å². The predicted octanol–water partition coefficient (Wildman–Crippen LogP) is 2.81. The minimum Gasteiger partial charge on any atom is -0.303 e. The molecule has 0 aliphatic carbocycles. The van der Waals surface area contributed by atoms with E-state index in [1.165, 1.54) is 0 Å². The quantitative estimate of drug-likeness (QED) is 0.449. The lowest BCUT2D eigenvalue weighted by atomic mass is 9.74. The molecule has 0 saturated carbocycles. The van der Waals surface area contributed by atoms with E-state index in [1.54, 1.807) is 0 Å². The standard InChI is InChI=1S/C10H18O/c1-8(2)10(4,5)9(3)6-7-11/h7,9H,1,6H2,2-5H3/t9-/m0/s1. The van der Waals surface area contributed by atoms with Gasteiger partial charge in [-0.25, -0.2) is 0 Å². The first kappa shape index (κ1) is 10.4. The summed E-state index contributed by atoms with van der Waals surface area (Å²) in [5, 5.41) is 0. The van der Waals surface area contributed by atoms with Crippen LogP contribution in [0.15, 0.2) is 12.2 Å². The minimum absolute atomic E-state index is 0.0842. The molecule has 0 aromatic rings. The molecule has 1 nitrogen and oxygen atoms in total. The number of allylic oxidation sites excluding steroid dienone is 1. The number of aldehydes is 1. The zero-order valence-electron chi connectivity index (χ0n) is 7.98. The van der Waals surface area contributed by atoms with Gasteiger partial charge in [0, 0.05) is 6.42 Å². The summed E-state index contributed by atoms with van der Waals surface area (Å²) < 4.78 is 0. The molecule has 0 heterocycles. The van der Waals surface area contributed by atoms with Crippen LogP contribution >= 0.6 is 0 Å². The molecule has 0 N–H and O–H groups in total. The summed E-state index contributed by atoms with van der Waals surface area (Å²) >= 11 is 0. The lowest BCUT2D eigenvalue weighted by Gasteiger charge is -2.31. The van der Waals surface area contributed by atoms with Gasteiger partial charge in [-0.05, 0) is 18.3 Å². The summed E-state index contributed by atoms with van der Waals surface area (Å²) in [5.41, 5.74) is 1.23. The van der Waals surface area contributed by atoms with E-state index in [1.807, 2.05) is 6.92 Å². The molecule has 0 aliphatic heterocycles.